The fourth-order valence-corrected chi connectivity index (χ4v) is 4.76. The summed E-state index contributed by atoms with van der Waals surface area (Å²) >= 11 is 3.41. The van der Waals surface area contributed by atoms with E-state index in [9.17, 15) is 18.0 Å². The molecule has 2 rings (SSSR count). The van der Waals surface area contributed by atoms with E-state index in [-0.39, 0.29) is 31.3 Å². The number of benzene rings is 2. The van der Waals surface area contributed by atoms with Crippen molar-refractivity contribution in [3.05, 3.63) is 58.6 Å². The zero-order valence-electron chi connectivity index (χ0n) is 20.7. The maximum Gasteiger partial charge on any atom is 0.242 e. The maximum absolute atomic E-state index is 13.3. The molecule has 0 unspecified atom stereocenters. The molecule has 1 atom stereocenters. The van der Waals surface area contributed by atoms with E-state index < -0.39 is 16.1 Å². The molecule has 2 aromatic carbocycles. The first-order chi connectivity index (χ1) is 16.6. The van der Waals surface area contributed by atoms with Gasteiger partial charge in [0.25, 0.3) is 0 Å². The zero-order chi connectivity index (χ0) is 26.0. The molecule has 0 heterocycles. The van der Waals surface area contributed by atoms with Gasteiger partial charge in [-0.1, -0.05) is 41.1 Å². The fraction of sp³-hybridized carbons (Fsp3) is 0.440. The van der Waals surface area contributed by atoms with Crippen molar-refractivity contribution in [2.45, 2.75) is 45.7 Å². The number of hydrogen-bond donors (Lipinski definition) is 1. The van der Waals surface area contributed by atoms with Crippen molar-refractivity contribution in [3.63, 3.8) is 0 Å². The number of anilines is 1. The molecule has 0 aliphatic heterocycles. The smallest absolute Gasteiger partial charge is 0.242 e. The number of halogens is 1. The zero-order valence-corrected chi connectivity index (χ0v) is 23.1. The largest absolute Gasteiger partial charge is 0.497 e. The molecule has 10 heteroatoms. The average molecular weight is 569 g/mol. The first-order valence-electron chi connectivity index (χ1n) is 11.5. The quantitative estimate of drug-likeness (QED) is 0.395. The number of rotatable bonds is 13. The topological polar surface area (TPSA) is 96.0 Å². The Bertz CT molecular complexity index is 1090. The second-order valence-electron chi connectivity index (χ2n) is 8.26. The highest BCUT2D eigenvalue weighted by Crippen LogP contribution is 2.24. The highest BCUT2D eigenvalue weighted by molar-refractivity contribution is 9.10. The van der Waals surface area contributed by atoms with Gasteiger partial charge in [-0.25, -0.2) is 8.42 Å². The monoisotopic (exact) mass is 567 g/mol. The van der Waals surface area contributed by atoms with Crippen LogP contribution >= 0.6 is 15.9 Å². The number of sulfonamides is 1. The summed E-state index contributed by atoms with van der Waals surface area (Å²) in [4.78, 5) is 27.4. The van der Waals surface area contributed by atoms with Crippen LogP contribution in [0.5, 0.6) is 5.75 Å². The molecule has 1 N–H and O–H groups in total. The minimum absolute atomic E-state index is 0.0952. The highest BCUT2D eigenvalue weighted by Gasteiger charge is 2.26. The number of ether oxygens (including phenoxy) is 1. The maximum atomic E-state index is 13.3. The van der Waals surface area contributed by atoms with E-state index >= 15 is 0 Å². The fourth-order valence-electron chi connectivity index (χ4n) is 3.53. The molecule has 0 bridgehead atoms. The third-order valence-electron chi connectivity index (χ3n) is 5.48. The normalized spacial score (nSPS) is 12.0. The summed E-state index contributed by atoms with van der Waals surface area (Å²) in [6.07, 6.45) is 2.32. The third-order valence-corrected chi connectivity index (χ3v) is 7.20. The molecular formula is C25H34BrN3O5S. The second-order valence-corrected chi connectivity index (χ2v) is 11.1. The van der Waals surface area contributed by atoms with Crippen molar-refractivity contribution in [3.8, 4) is 5.75 Å². The van der Waals surface area contributed by atoms with Crippen molar-refractivity contribution in [2.24, 2.45) is 0 Å². The van der Waals surface area contributed by atoms with Crippen LogP contribution < -0.4 is 14.4 Å². The van der Waals surface area contributed by atoms with Gasteiger partial charge >= 0.3 is 0 Å². The SMILES string of the molecule is CCCNC(=O)[C@@H](C)N(Cc1ccc(Br)cc1)C(=O)CCCN(c1cccc(OC)c1)S(C)(=O)=O. The molecule has 192 valence electrons. The molecule has 0 saturated carbocycles. The number of carbonyl (C=O) groups is 2. The van der Waals surface area contributed by atoms with Crippen LogP contribution in [-0.4, -0.2) is 57.6 Å². The lowest BCUT2D eigenvalue weighted by atomic mass is 10.1. The lowest BCUT2D eigenvalue weighted by molar-refractivity contribution is -0.140. The van der Waals surface area contributed by atoms with Gasteiger partial charge in [0.15, 0.2) is 0 Å². The number of nitrogens with one attached hydrogen (secondary N) is 1. The summed E-state index contributed by atoms with van der Waals surface area (Å²) in [5.41, 5.74) is 1.36. The van der Waals surface area contributed by atoms with E-state index in [0.717, 1.165) is 22.7 Å². The van der Waals surface area contributed by atoms with Crippen LogP contribution in [0.25, 0.3) is 0 Å². The van der Waals surface area contributed by atoms with Crippen molar-refractivity contribution >= 4 is 43.5 Å². The van der Waals surface area contributed by atoms with E-state index in [2.05, 4.69) is 21.2 Å². The minimum atomic E-state index is -3.57. The lowest BCUT2D eigenvalue weighted by Crippen LogP contribution is -2.47. The molecule has 0 aromatic heterocycles. The van der Waals surface area contributed by atoms with Crippen LogP contribution in [0.1, 0.15) is 38.7 Å². The summed E-state index contributed by atoms with van der Waals surface area (Å²) in [7, 11) is -2.06. The van der Waals surface area contributed by atoms with Gasteiger partial charge in [0.1, 0.15) is 11.8 Å². The molecule has 0 saturated heterocycles. The summed E-state index contributed by atoms with van der Waals surface area (Å²) in [6, 6.07) is 13.7. The van der Waals surface area contributed by atoms with Crippen LogP contribution in [0.15, 0.2) is 53.0 Å². The summed E-state index contributed by atoms with van der Waals surface area (Å²) in [5.74, 6) is 0.109. The van der Waals surface area contributed by atoms with Crippen LogP contribution in [0.2, 0.25) is 0 Å². The molecule has 35 heavy (non-hydrogen) atoms. The van der Waals surface area contributed by atoms with Crippen LogP contribution in [0, 0.1) is 0 Å². The molecule has 2 amide bonds. The summed E-state index contributed by atoms with van der Waals surface area (Å²) < 4.78 is 32.3. The van der Waals surface area contributed by atoms with E-state index in [0.29, 0.717) is 24.4 Å². The molecule has 0 spiro atoms. The van der Waals surface area contributed by atoms with Gasteiger partial charge in [0, 0.05) is 36.6 Å². The van der Waals surface area contributed by atoms with Gasteiger partial charge in [-0.15, -0.1) is 0 Å². The number of carbonyl (C=O) groups excluding carboxylic acids is 2. The van der Waals surface area contributed by atoms with E-state index in [1.165, 1.54) is 11.4 Å². The number of amides is 2. The Kier molecular flexibility index (Phi) is 11.0. The Hall–Kier alpha value is -2.59. The molecule has 8 nitrogen and oxygen atoms in total. The predicted molar refractivity (Wildman–Crippen MR) is 142 cm³/mol. The molecule has 0 fully saturated rings. The van der Waals surface area contributed by atoms with Crippen LogP contribution in [-0.2, 0) is 26.2 Å². The molecule has 0 aliphatic rings. The van der Waals surface area contributed by atoms with Gasteiger partial charge in [-0.3, -0.25) is 13.9 Å². The lowest BCUT2D eigenvalue weighted by Gasteiger charge is -2.29. The van der Waals surface area contributed by atoms with E-state index in [1.54, 1.807) is 36.1 Å². The van der Waals surface area contributed by atoms with Gasteiger partial charge in [0.05, 0.1) is 19.1 Å². The minimum Gasteiger partial charge on any atom is -0.497 e. The van der Waals surface area contributed by atoms with Crippen LogP contribution in [0.4, 0.5) is 5.69 Å². The highest BCUT2D eigenvalue weighted by atomic mass is 79.9. The number of methoxy groups -OCH3 is 1. The standard InChI is InChI=1S/C25H34BrN3O5S/c1-5-15-27-25(31)19(2)28(18-20-11-13-21(26)14-12-20)24(30)10-7-16-29(35(4,32)33)22-8-6-9-23(17-22)34-3/h6,8-9,11-14,17,19H,5,7,10,15-16,18H2,1-4H3,(H,27,31)/t19-/m1/s1. The Morgan fingerprint density at radius 2 is 1.83 bits per heavy atom. The Morgan fingerprint density at radius 3 is 2.43 bits per heavy atom. The third kappa shape index (κ3) is 8.85. The van der Waals surface area contributed by atoms with Crippen molar-refractivity contribution in [1.82, 2.24) is 10.2 Å². The van der Waals surface area contributed by atoms with Crippen molar-refractivity contribution < 1.29 is 22.7 Å². The average Bonchev–Trinajstić information content (AvgIpc) is 2.83. The Morgan fingerprint density at radius 1 is 1.14 bits per heavy atom. The second kappa shape index (κ2) is 13.5. The molecular weight excluding hydrogens is 534 g/mol. The first-order valence-corrected chi connectivity index (χ1v) is 14.1. The molecule has 0 aliphatic carbocycles. The van der Waals surface area contributed by atoms with Gasteiger partial charge in [0.2, 0.25) is 21.8 Å². The van der Waals surface area contributed by atoms with Gasteiger partial charge in [-0.05, 0) is 49.6 Å². The Labute approximate surface area is 216 Å². The number of hydrogen-bond acceptors (Lipinski definition) is 5. The van der Waals surface area contributed by atoms with Crippen molar-refractivity contribution in [1.29, 1.82) is 0 Å². The predicted octanol–water partition coefficient (Wildman–Crippen LogP) is 3.95. The Balaban J connectivity index is 2.15. The number of nitrogens with zero attached hydrogens (tertiary/aromatic N) is 2. The van der Waals surface area contributed by atoms with Crippen LogP contribution in [0.3, 0.4) is 0 Å². The summed E-state index contributed by atoms with van der Waals surface area (Å²) in [6.45, 7) is 4.61. The van der Waals surface area contributed by atoms with Crippen molar-refractivity contribution in [2.75, 3.05) is 30.8 Å². The van der Waals surface area contributed by atoms with Gasteiger partial charge in [-0.2, -0.15) is 0 Å². The molecule has 2 aromatic rings. The first kappa shape index (κ1) is 28.6. The van der Waals surface area contributed by atoms with E-state index in [4.69, 9.17) is 4.74 Å². The van der Waals surface area contributed by atoms with Gasteiger partial charge < -0.3 is 15.0 Å². The summed E-state index contributed by atoms with van der Waals surface area (Å²) in [5, 5.41) is 2.85. The van der Waals surface area contributed by atoms with E-state index in [1.807, 2.05) is 31.2 Å². The molecule has 0 radical (unpaired) electrons.